The number of ether oxygens (including phenoxy) is 2. The van der Waals surface area contributed by atoms with Crippen LogP contribution in [0, 0.1) is 5.92 Å². The lowest BCUT2D eigenvalue weighted by atomic mass is 10.0. The second kappa shape index (κ2) is 7.87. The molecule has 0 N–H and O–H groups in total. The molecular weight excluding hydrogens is 394 g/mol. The van der Waals surface area contributed by atoms with Gasteiger partial charge in [0, 0.05) is 24.9 Å². The number of benzene rings is 1. The molecule has 152 valence electrons. The molecule has 1 aliphatic rings. The summed E-state index contributed by atoms with van der Waals surface area (Å²) < 4.78 is 12.7. The van der Waals surface area contributed by atoms with Gasteiger partial charge in [-0.3, -0.25) is 4.79 Å². The number of methoxy groups -OCH3 is 1. The molecule has 3 heterocycles. The molecule has 0 aliphatic carbocycles. The molecule has 0 saturated carbocycles. The minimum absolute atomic E-state index is 0.0301. The summed E-state index contributed by atoms with van der Waals surface area (Å²) in [7, 11) is 1.64. The maximum Gasteiger partial charge on any atom is 0.321 e. The molecular formula is C20H22ClN5O3. The third-order valence-electron chi connectivity index (χ3n) is 5.42. The third-order valence-corrected chi connectivity index (χ3v) is 5.61. The van der Waals surface area contributed by atoms with E-state index < -0.39 is 0 Å². The lowest BCUT2D eigenvalue weighted by Crippen LogP contribution is -2.31. The number of hydrogen-bond donors (Lipinski definition) is 0. The van der Waals surface area contributed by atoms with Crippen LogP contribution in [0.4, 0.5) is 0 Å². The molecule has 1 saturated heterocycles. The zero-order chi connectivity index (χ0) is 20.5. The first-order valence-electron chi connectivity index (χ1n) is 9.42. The predicted octanol–water partition coefficient (Wildman–Crippen LogP) is 3.16. The lowest BCUT2D eigenvalue weighted by molar-refractivity contribution is -0.129. The molecule has 1 fully saturated rings. The van der Waals surface area contributed by atoms with Crippen LogP contribution >= 0.6 is 11.6 Å². The summed E-state index contributed by atoms with van der Waals surface area (Å²) in [6.07, 6.45) is 1.59. The van der Waals surface area contributed by atoms with E-state index in [1.165, 1.54) is 10.8 Å². The number of hydrogen-bond acceptors (Lipinski definition) is 6. The zero-order valence-electron chi connectivity index (χ0n) is 16.4. The van der Waals surface area contributed by atoms with Gasteiger partial charge in [-0.1, -0.05) is 23.7 Å². The number of nitrogens with zero attached hydrogens (tertiary/aromatic N) is 5. The largest absolute Gasteiger partial charge is 0.497 e. The second-order valence-corrected chi connectivity index (χ2v) is 7.56. The van der Waals surface area contributed by atoms with Crippen LogP contribution in [0.15, 0.2) is 36.7 Å². The van der Waals surface area contributed by atoms with Crippen LogP contribution in [-0.4, -0.2) is 50.1 Å². The first kappa shape index (κ1) is 19.4. The Morgan fingerprint density at radius 1 is 1.24 bits per heavy atom. The summed E-state index contributed by atoms with van der Waals surface area (Å²) in [6, 6.07) is 9.64. The Balaban J connectivity index is 1.47. The van der Waals surface area contributed by atoms with Gasteiger partial charge in [-0.25, -0.2) is 4.98 Å². The van der Waals surface area contributed by atoms with Gasteiger partial charge in [0.05, 0.1) is 13.2 Å². The maximum absolute atomic E-state index is 12.7. The van der Waals surface area contributed by atoms with Gasteiger partial charge < -0.3 is 14.4 Å². The smallest absolute Gasteiger partial charge is 0.321 e. The van der Waals surface area contributed by atoms with Crippen molar-refractivity contribution in [2.24, 2.45) is 5.92 Å². The van der Waals surface area contributed by atoms with Gasteiger partial charge in [0.15, 0.2) is 5.65 Å². The molecule has 2 aromatic heterocycles. The van der Waals surface area contributed by atoms with Crippen molar-refractivity contribution in [2.75, 3.05) is 13.7 Å². The standard InChI is InChI=1S/C20H22ClN5O3/c1-12(14-4-6-16(28-3)7-5-14)25-10-15(8-19(25)27)13(2)29-20-24-17(21)9-18-22-11-23-26(18)20/h4-7,9,11-13,15H,8,10H2,1-3H3. The van der Waals surface area contributed by atoms with Crippen LogP contribution in [0.5, 0.6) is 11.8 Å². The summed E-state index contributed by atoms with van der Waals surface area (Å²) in [6.45, 7) is 4.57. The molecule has 0 spiro atoms. The van der Waals surface area contributed by atoms with Crippen molar-refractivity contribution in [3.8, 4) is 11.8 Å². The highest BCUT2D eigenvalue weighted by Crippen LogP contribution is 2.32. The van der Waals surface area contributed by atoms with E-state index in [-0.39, 0.29) is 35.1 Å². The molecule has 1 aliphatic heterocycles. The van der Waals surface area contributed by atoms with E-state index in [0.29, 0.717) is 18.6 Å². The lowest BCUT2D eigenvalue weighted by Gasteiger charge is -2.26. The average Bonchev–Trinajstić information content (AvgIpc) is 3.34. The van der Waals surface area contributed by atoms with Crippen molar-refractivity contribution < 1.29 is 14.3 Å². The van der Waals surface area contributed by atoms with Gasteiger partial charge in [-0.15, -0.1) is 0 Å². The number of carbonyl (C=O) groups is 1. The van der Waals surface area contributed by atoms with Crippen molar-refractivity contribution >= 4 is 23.2 Å². The summed E-state index contributed by atoms with van der Waals surface area (Å²) >= 11 is 6.06. The molecule has 1 amide bonds. The van der Waals surface area contributed by atoms with Crippen LogP contribution in [0.1, 0.15) is 31.9 Å². The van der Waals surface area contributed by atoms with Gasteiger partial charge in [0.2, 0.25) is 5.91 Å². The van der Waals surface area contributed by atoms with E-state index in [2.05, 4.69) is 15.1 Å². The number of amides is 1. The fourth-order valence-electron chi connectivity index (χ4n) is 3.62. The fourth-order valence-corrected chi connectivity index (χ4v) is 3.79. The molecule has 4 rings (SSSR count). The summed E-state index contributed by atoms with van der Waals surface area (Å²) in [5, 5.41) is 4.41. The number of aromatic nitrogens is 4. The van der Waals surface area contributed by atoms with Crippen molar-refractivity contribution in [2.45, 2.75) is 32.4 Å². The molecule has 3 aromatic rings. The van der Waals surface area contributed by atoms with E-state index in [1.54, 1.807) is 13.2 Å². The van der Waals surface area contributed by atoms with Gasteiger partial charge >= 0.3 is 6.01 Å². The summed E-state index contributed by atoms with van der Waals surface area (Å²) in [4.78, 5) is 22.9. The SMILES string of the molecule is COc1ccc(C(C)N2CC(C(C)Oc3nc(Cl)cc4ncnn34)CC2=O)cc1. The van der Waals surface area contributed by atoms with E-state index in [9.17, 15) is 4.79 Å². The average molecular weight is 416 g/mol. The highest BCUT2D eigenvalue weighted by molar-refractivity contribution is 6.29. The van der Waals surface area contributed by atoms with Gasteiger partial charge in [-0.2, -0.15) is 14.6 Å². The number of likely N-dealkylation sites (tertiary alicyclic amines) is 1. The van der Waals surface area contributed by atoms with E-state index in [1.807, 2.05) is 43.0 Å². The minimum Gasteiger partial charge on any atom is -0.497 e. The Kier molecular flexibility index (Phi) is 5.27. The van der Waals surface area contributed by atoms with Crippen LogP contribution in [0.3, 0.4) is 0 Å². The number of halogens is 1. The van der Waals surface area contributed by atoms with Gasteiger partial charge in [0.25, 0.3) is 0 Å². The highest BCUT2D eigenvalue weighted by Gasteiger charge is 2.37. The fraction of sp³-hybridized carbons (Fsp3) is 0.400. The van der Waals surface area contributed by atoms with Crippen LogP contribution < -0.4 is 9.47 Å². The van der Waals surface area contributed by atoms with E-state index >= 15 is 0 Å². The monoisotopic (exact) mass is 415 g/mol. The Morgan fingerprint density at radius 2 is 2.00 bits per heavy atom. The van der Waals surface area contributed by atoms with Crippen molar-refractivity contribution in [3.05, 3.63) is 47.4 Å². The quantitative estimate of drug-likeness (QED) is 0.575. The van der Waals surface area contributed by atoms with Gasteiger partial charge in [-0.05, 0) is 31.5 Å². The van der Waals surface area contributed by atoms with Crippen LogP contribution in [0.2, 0.25) is 5.15 Å². The predicted molar refractivity (Wildman–Crippen MR) is 107 cm³/mol. The maximum atomic E-state index is 12.7. The zero-order valence-corrected chi connectivity index (χ0v) is 17.2. The van der Waals surface area contributed by atoms with Gasteiger partial charge in [0.1, 0.15) is 23.3 Å². The van der Waals surface area contributed by atoms with Crippen LogP contribution in [0.25, 0.3) is 5.65 Å². The highest BCUT2D eigenvalue weighted by atomic mass is 35.5. The number of fused-ring (bicyclic) bond motifs is 1. The van der Waals surface area contributed by atoms with Crippen molar-refractivity contribution in [3.63, 3.8) is 0 Å². The Hall–Kier alpha value is -2.87. The van der Waals surface area contributed by atoms with Crippen molar-refractivity contribution in [1.29, 1.82) is 0 Å². The Labute approximate surface area is 173 Å². The molecule has 0 radical (unpaired) electrons. The molecule has 0 bridgehead atoms. The normalized spacial score (nSPS) is 18.8. The van der Waals surface area contributed by atoms with E-state index in [4.69, 9.17) is 21.1 Å². The summed E-state index contributed by atoms with van der Waals surface area (Å²) in [5.41, 5.74) is 1.62. The second-order valence-electron chi connectivity index (χ2n) is 7.17. The molecule has 3 atom stereocenters. The topological polar surface area (TPSA) is 81.8 Å². The first-order chi connectivity index (χ1) is 14.0. The Bertz CT molecular complexity index is 1020. The first-order valence-corrected chi connectivity index (χ1v) is 9.80. The van der Waals surface area contributed by atoms with Crippen LogP contribution in [-0.2, 0) is 4.79 Å². The Morgan fingerprint density at radius 3 is 2.72 bits per heavy atom. The summed E-state index contributed by atoms with van der Waals surface area (Å²) in [5.74, 6) is 0.934. The number of rotatable bonds is 6. The molecule has 1 aromatic carbocycles. The van der Waals surface area contributed by atoms with Crippen molar-refractivity contribution in [1.82, 2.24) is 24.5 Å². The molecule has 8 nitrogen and oxygen atoms in total. The molecule has 9 heteroatoms. The molecule has 3 unspecified atom stereocenters. The number of carbonyl (C=O) groups excluding carboxylic acids is 1. The molecule has 29 heavy (non-hydrogen) atoms. The minimum atomic E-state index is -0.245. The third kappa shape index (κ3) is 3.85. The van der Waals surface area contributed by atoms with E-state index in [0.717, 1.165) is 11.3 Å².